The van der Waals surface area contributed by atoms with Crippen molar-refractivity contribution in [2.45, 2.75) is 19.9 Å². The van der Waals surface area contributed by atoms with Gasteiger partial charge in [-0.25, -0.2) is 4.98 Å². The molecule has 0 fully saturated rings. The van der Waals surface area contributed by atoms with E-state index in [4.69, 9.17) is 14.2 Å². The number of hydrogen-bond acceptors (Lipinski definition) is 6. The monoisotopic (exact) mass is 287 g/mol. The zero-order valence-electron chi connectivity index (χ0n) is 11.8. The normalized spacial score (nSPS) is 12.2. The van der Waals surface area contributed by atoms with Crippen LogP contribution in [0.3, 0.4) is 0 Å². The average Bonchev–Trinajstić information content (AvgIpc) is 3.00. The van der Waals surface area contributed by atoms with Gasteiger partial charge in [-0.3, -0.25) is 0 Å². The van der Waals surface area contributed by atoms with Crippen LogP contribution in [-0.2, 0) is 6.54 Å². The van der Waals surface area contributed by atoms with Gasteiger partial charge in [0, 0.05) is 24.4 Å². The number of fused-ring (bicyclic) bond motifs is 1. The van der Waals surface area contributed by atoms with Crippen LogP contribution in [0.15, 0.2) is 30.5 Å². The lowest BCUT2D eigenvalue weighted by atomic mass is 10.2. The first-order chi connectivity index (χ1) is 10.4. The number of nitrogens with zero attached hydrogens (tertiary/aromatic N) is 2. The molecule has 2 heterocycles. The molecule has 1 aromatic heterocycles. The third-order valence-corrected chi connectivity index (χ3v) is 3.00. The predicted molar refractivity (Wildman–Crippen MR) is 77.7 cm³/mol. The Bertz CT molecular complexity index is 619. The summed E-state index contributed by atoms with van der Waals surface area (Å²) in [6.45, 7) is 3.53. The van der Waals surface area contributed by atoms with Gasteiger partial charge in [-0.2, -0.15) is 4.98 Å². The van der Waals surface area contributed by atoms with Gasteiger partial charge in [0.15, 0.2) is 11.5 Å². The van der Waals surface area contributed by atoms with E-state index < -0.39 is 0 Å². The molecule has 6 nitrogen and oxygen atoms in total. The van der Waals surface area contributed by atoms with Gasteiger partial charge in [-0.15, -0.1) is 0 Å². The van der Waals surface area contributed by atoms with Crippen molar-refractivity contribution in [3.8, 4) is 17.4 Å². The predicted octanol–water partition coefficient (Wildman–Crippen LogP) is 2.61. The molecule has 0 saturated carbocycles. The van der Waals surface area contributed by atoms with E-state index >= 15 is 0 Å². The molecule has 0 unspecified atom stereocenters. The number of ether oxygens (including phenoxy) is 3. The van der Waals surface area contributed by atoms with Gasteiger partial charge in [-0.1, -0.05) is 19.1 Å². The standard InChI is InChI=1S/C15H17N3O3/c1-2-8-19-13-6-7-16-15(18-13)17-9-11-4-3-5-12-14(11)21-10-20-12/h3-7H,2,8-10H2,1H3,(H,16,17,18). The zero-order chi connectivity index (χ0) is 14.5. The Morgan fingerprint density at radius 3 is 3.14 bits per heavy atom. The molecule has 0 amide bonds. The van der Waals surface area contributed by atoms with Gasteiger partial charge in [0.2, 0.25) is 18.6 Å². The van der Waals surface area contributed by atoms with Crippen molar-refractivity contribution in [2.75, 3.05) is 18.7 Å². The number of para-hydroxylation sites is 1. The first-order valence-corrected chi connectivity index (χ1v) is 6.94. The second-order valence-corrected chi connectivity index (χ2v) is 4.57. The topological polar surface area (TPSA) is 65.5 Å². The maximum absolute atomic E-state index is 5.49. The first-order valence-electron chi connectivity index (χ1n) is 6.94. The van der Waals surface area contributed by atoms with E-state index in [0.717, 1.165) is 23.5 Å². The van der Waals surface area contributed by atoms with Crippen molar-refractivity contribution in [3.63, 3.8) is 0 Å². The van der Waals surface area contributed by atoms with E-state index in [-0.39, 0.29) is 6.79 Å². The summed E-state index contributed by atoms with van der Waals surface area (Å²) < 4.78 is 16.3. The molecular weight excluding hydrogens is 270 g/mol. The highest BCUT2D eigenvalue weighted by atomic mass is 16.7. The summed E-state index contributed by atoms with van der Waals surface area (Å²) in [5.41, 5.74) is 1.01. The van der Waals surface area contributed by atoms with Crippen molar-refractivity contribution in [3.05, 3.63) is 36.0 Å². The van der Waals surface area contributed by atoms with E-state index in [9.17, 15) is 0 Å². The Morgan fingerprint density at radius 1 is 1.29 bits per heavy atom. The number of nitrogens with one attached hydrogen (secondary N) is 1. The highest BCUT2D eigenvalue weighted by Gasteiger charge is 2.16. The minimum absolute atomic E-state index is 0.267. The van der Waals surface area contributed by atoms with Crippen LogP contribution in [0.1, 0.15) is 18.9 Å². The summed E-state index contributed by atoms with van der Waals surface area (Å²) in [5, 5.41) is 3.17. The average molecular weight is 287 g/mol. The number of rotatable bonds is 6. The molecule has 3 rings (SSSR count). The highest BCUT2D eigenvalue weighted by Crippen LogP contribution is 2.35. The highest BCUT2D eigenvalue weighted by molar-refractivity contribution is 5.49. The summed E-state index contributed by atoms with van der Waals surface area (Å²) >= 11 is 0. The second kappa shape index (κ2) is 6.30. The van der Waals surface area contributed by atoms with Crippen LogP contribution < -0.4 is 19.5 Å². The van der Waals surface area contributed by atoms with Crippen molar-refractivity contribution < 1.29 is 14.2 Å². The maximum Gasteiger partial charge on any atom is 0.231 e. The summed E-state index contributed by atoms with van der Waals surface area (Å²) in [7, 11) is 0. The summed E-state index contributed by atoms with van der Waals surface area (Å²) in [5.74, 6) is 2.66. The molecule has 0 radical (unpaired) electrons. The summed E-state index contributed by atoms with van der Waals surface area (Å²) in [6.07, 6.45) is 2.62. The van der Waals surface area contributed by atoms with Crippen molar-refractivity contribution in [1.82, 2.24) is 9.97 Å². The van der Waals surface area contributed by atoms with Gasteiger partial charge in [0.1, 0.15) is 0 Å². The molecule has 2 aromatic rings. The van der Waals surface area contributed by atoms with Crippen LogP contribution in [0.5, 0.6) is 17.4 Å². The molecule has 110 valence electrons. The number of aromatic nitrogens is 2. The van der Waals surface area contributed by atoms with E-state index in [1.807, 2.05) is 18.2 Å². The van der Waals surface area contributed by atoms with Crippen molar-refractivity contribution >= 4 is 5.95 Å². The lowest BCUT2D eigenvalue weighted by Gasteiger charge is -2.09. The third-order valence-electron chi connectivity index (χ3n) is 3.00. The third kappa shape index (κ3) is 3.16. The number of anilines is 1. The fourth-order valence-electron chi connectivity index (χ4n) is 2.02. The molecule has 21 heavy (non-hydrogen) atoms. The molecule has 0 bridgehead atoms. The zero-order valence-corrected chi connectivity index (χ0v) is 11.8. The molecule has 6 heteroatoms. The van der Waals surface area contributed by atoms with Crippen LogP contribution >= 0.6 is 0 Å². The molecule has 1 aliphatic rings. The summed E-state index contributed by atoms with van der Waals surface area (Å²) in [6, 6.07) is 7.56. The van der Waals surface area contributed by atoms with Gasteiger partial charge in [-0.05, 0) is 12.5 Å². The lowest BCUT2D eigenvalue weighted by molar-refractivity contribution is 0.173. The minimum Gasteiger partial charge on any atom is -0.478 e. The number of benzene rings is 1. The lowest BCUT2D eigenvalue weighted by Crippen LogP contribution is -2.06. The van der Waals surface area contributed by atoms with E-state index in [0.29, 0.717) is 25.0 Å². The summed E-state index contributed by atoms with van der Waals surface area (Å²) in [4.78, 5) is 8.48. The molecule has 0 saturated heterocycles. The largest absolute Gasteiger partial charge is 0.478 e. The number of hydrogen-bond donors (Lipinski definition) is 1. The minimum atomic E-state index is 0.267. The molecule has 0 atom stereocenters. The van der Waals surface area contributed by atoms with E-state index in [1.165, 1.54) is 0 Å². The Kier molecular flexibility index (Phi) is 4.04. The van der Waals surface area contributed by atoms with Crippen molar-refractivity contribution in [1.29, 1.82) is 0 Å². The van der Waals surface area contributed by atoms with Crippen LogP contribution in [0, 0.1) is 0 Å². The molecule has 1 N–H and O–H groups in total. The van der Waals surface area contributed by atoms with Crippen LogP contribution in [0.4, 0.5) is 5.95 Å². The van der Waals surface area contributed by atoms with Crippen LogP contribution in [-0.4, -0.2) is 23.4 Å². The molecule has 0 spiro atoms. The fourth-order valence-corrected chi connectivity index (χ4v) is 2.02. The maximum atomic E-state index is 5.49. The smallest absolute Gasteiger partial charge is 0.231 e. The fraction of sp³-hybridized carbons (Fsp3) is 0.333. The van der Waals surface area contributed by atoms with E-state index in [2.05, 4.69) is 22.2 Å². The van der Waals surface area contributed by atoms with Gasteiger partial charge in [0.25, 0.3) is 0 Å². The second-order valence-electron chi connectivity index (χ2n) is 4.57. The molecular formula is C15H17N3O3. The Labute approximate surface area is 123 Å². The molecule has 1 aromatic carbocycles. The Morgan fingerprint density at radius 2 is 2.24 bits per heavy atom. The first kappa shape index (κ1) is 13.5. The van der Waals surface area contributed by atoms with Gasteiger partial charge >= 0.3 is 0 Å². The SMILES string of the molecule is CCCOc1ccnc(NCc2cccc3c2OCO3)n1. The molecule has 0 aliphatic carbocycles. The van der Waals surface area contributed by atoms with Crippen molar-refractivity contribution in [2.24, 2.45) is 0 Å². The Balaban J connectivity index is 1.66. The Hall–Kier alpha value is -2.50. The van der Waals surface area contributed by atoms with Gasteiger partial charge < -0.3 is 19.5 Å². The molecule has 1 aliphatic heterocycles. The van der Waals surface area contributed by atoms with Gasteiger partial charge in [0.05, 0.1) is 6.61 Å². The van der Waals surface area contributed by atoms with E-state index in [1.54, 1.807) is 12.3 Å². The van der Waals surface area contributed by atoms with Crippen LogP contribution in [0.25, 0.3) is 0 Å². The van der Waals surface area contributed by atoms with Crippen LogP contribution in [0.2, 0.25) is 0 Å². The quantitative estimate of drug-likeness (QED) is 0.881.